The molecule has 2 atom stereocenters. The predicted molar refractivity (Wildman–Crippen MR) is 92.0 cm³/mol. The molecule has 0 spiro atoms. The van der Waals surface area contributed by atoms with E-state index in [-0.39, 0.29) is 6.04 Å². The number of nitrogens with two attached hydrogens (primary N) is 1. The average Bonchev–Trinajstić information content (AvgIpc) is 2.46. The molecular weight excluding hydrogens is 330 g/mol. The summed E-state index contributed by atoms with van der Waals surface area (Å²) in [4.78, 5) is 1.26. The van der Waals surface area contributed by atoms with E-state index in [4.69, 9.17) is 5.73 Å². The van der Waals surface area contributed by atoms with Gasteiger partial charge < -0.3 is 5.73 Å². The van der Waals surface area contributed by atoms with Crippen LogP contribution in [-0.2, 0) is 0 Å². The lowest BCUT2D eigenvalue weighted by atomic mass is 9.97. The lowest BCUT2D eigenvalue weighted by Crippen LogP contribution is -2.28. The highest BCUT2D eigenvalue weighted by atomic mass is 79.9. The fourth-order valence-corrected chi connectivity index (χ4v) is 3.61. The summed E-state index contributed by atoms with van der Waals surface area (Å²) < 4.78 is 1.11. The Morgan fingerprint density at radius 2 is 1.55 bits per heavy atom. The molecule has 0 saturated heterocycles. The molecular formula is C17H20BrNS. The van der Waals surface area contributed by atoms with Crippen LogP contribution >= 0.6 is 27.7 Å². The Morgan fingerprint density at radius 3 is 2.10 bits per heavy atom. The van der Waals surface area contributed by atoms with E-state index in [0.717, 1.165) is 4.47 Å². The van der Waals surface area contributed by atoms with E-state index >= 15 is 0 Å². The van der Waals surface area contributed by atoms with Crippen molar-refractivity contribution in [1.29, 1.82) is 0 Å². The fraction of sp³-hybridized carbons (Fsp3) is 0.294. The topological polar surface area (TPSA) is 26.0 Å². The van der Waals surface area contributed by atoms with Gasteiger partial charge in [0.05, 0.1) is 0 Å². The molecule has 0 aliphatic carbocycles. The Bertz CT molecular complexity index is 524. The molecule has 0 fully saturated rings. The molecule has 106 valence electrons. The van der Waals surface area contributed by atoms with E-state index in [1.165, 1.54) is 10.5 Å². The molecule has 2 aromatic rings. The first-order chi connectivity index (χ1) is 9.58. The molecule has 2 aromatic carbocycles. The highest BCUT2D eigenvalue weighted by Gasteiger charge is 2.23. The van der Waals surface area contributed by atoms with Gasteiger partial charge in [0.1, 0.15) is 0 Å². The lowest BCUT2D eigenvalue weighted by molar-refractivity contribution is 0.527. The van der Waals surface area contributed by atoms with Gasteiger partial charge in [-0.3, -0.25) is 0 Å². The third-order valence-electron chi connectivity index (χ3n) is 3.28. The van der Waals surface area contributed by atoms with E-state index in [1.807, 2.05) is 17.8 Å². The van der Waals surface area contributed by atoms with Crippen molar-refractivity contribution in [3.05, 3.63) is 64.6 Å². The van der Waals surface area contributed by atoms with Crippen LogP contribution in [0.5, 0.6) is 0 Å². The molecule has 0 bridgehead atoms. The lowest BCUT2D eigenvalue weighted by Gasteiger charge is -2.27. The summed E-state index contributed by atoms with van der Waals surface area (Å²) in [6.45, 7) is 4.47. The maximum atomic E-state index is 6.49. The quantitative estimate of drug-likeness (QED) is 0.744. The van der Waals surface area contributed by atoms with Gasteiger partial charge in [0.15, 0.2) is 0 Å². The maximum absolute atomic E-state index is 6.49. The molecule has 0 heterocycles. The van der Waals surface area contributed by atoms with E-state index < -0.39 is 0 Å². The van der Waals surface area contributed by atoms with Gasteiger partial charge >= 0.3 is 0 Å². The number of benzene rings is 2. The minimum atomic E-state index is 0.0462. The summed E-state index contributed by atoms with van der Waals surface area (Å²) in [7, 11) is 0. The van der Waals surface area contributed by atoms with Crippen LogP contribution in [0.15, 0.2) is 64.0 Å². The smallest absolute Gasteiger partial charge is 0.0421 e. The van der Waals surface area contributed by atoms with Gasteiger partial charge in [-0.2, -0.15) is 0 Å². The van der Waals surface area contributed by atoms with E-state index in [9.17, 15) is 0 Å². The van der Waals surface area contributed by atoms with E-state index in [1.54, 1.807) is 0 Å². The second-order valence-electron chi connectivity index (χ2n) is 5.22. The fourth-order valence-electron chi connectivity index (χ4n) is 2.16. The largest absolute Gasteiger partial charge is 0.323 e. The zero-order valence-electron chi connectivity index (χ0n) is 11.8. The summed E-state index contributed by atoms with van der Waals surface area (Å²) in [5.41, 5.74) is 7.69. The predicted octanol–water partition coefficient (Wildman–Crippen LogP) is 5.27. The Kier molecular flexibility index (Phi) is 5.70. The van der Waals surface area contributed by atoms with Crippen molar-refractivity contribution in [2.24, 2.45) is 11.7 Å². The van der Waals surface area contributed by atoms with Crippen molar-refractivity contribution in [2.75, 3.05) is 0 Å². The standard InChI is InChI=1S/C17H20BrNS/c1-12(2)17(16(19)13-6-4-3-5-7-13)20-15-10-8-14(18)9-11-15/h3-12,16-17H,19H2,1-2H3. The molecule has 3 heteroatoms. The first kappa shape index (κ1) is 15.6. The molecule has 0 saturated carbocycles. The van der Waals surface area contributed by atoms with Crippen molar-refractivity contribution >= 4 is 27.7 Å². The van der Waals surface area contributed by atoms with Crippen LogP contribution in [0, 0.1) is 5.92 Å². The molecule has 0 amide bonds. The molecule has 0 aliphatic rings. The van der Waals surface area contributed by atoms with E-state index in [0.29, 0.717) is 11.2 Å². The Labute approximate surface area is 134 Å². The monoisotopic (exact) mass is 349 g/mol. The summed E-state index contributed by atoms with van der Waals surface area (Å²) >= 11 is 5.33. The van der Waals surface area contributed by atoms with Crippen molar-refractivity contribution in [3.63, 3.8) is 0 Å². The van der Waals surface area contributed by atoms with E-state index in [2.05, 4.69) is 78.3 Å². The van der Waals surface area contributed by atoms with Crippen LogP contribution in [0.2, 0.25) is 0 Å². The second kappa shape index (κ2) is 7.30. The molecule has 0 radical (unpaired) electrons. The summed E-state index contributed by atoms with van der Waals surface area (Å²) in [6, 6.07) is 18.8. The van der Waals surface area contributed by atoms with Gasteiger partial charge in [0.2, 0.25) is 0 Å². The summed E-state index contributed by atoms with van der Waals surface area (Å²) in [5.74, 6) is 0.513. The zero-order valence-corrected chi connectivity index (χ0v) is 14.2. The van der Waals surface area contributed by atoms with Gasteiger partial charge in [-0.1, -0.05) is 60.1 Å². The number of rotatable bonds is 5. The van der Waals surface area contributed by atoms with Gasteiger partial charge in [0.25, 0.3) is 0 Å². The SMILES string of the molecule is CC(C)C(Sc1ccc(Br)cc1)C(N)c1ccccc1. The Morgan fingerprint density at radius 1 is 0.950 bits per heavy atom. The molecule has 2 rings (SSSR count). The van der Waals surface area contributed by atoms with Gasteiger partial charge in [-0.05, 0) is 35.7 Å². The van der Waals surface area contributed by atoms with Crippen LogP contribution in [-0.4, -0.2) is 5.25 Å². The summed E-state index contributed by atoms with van der Waals surface area (Å²) in [6.07, 6.45) is 0. The van der Waals surface area contributed by atoms with Crippen molar-refractivity contribution in [1.82, 2.24) is 0 Å². The van der Waals surface area contributed by atoms with Crippen LogP contribution in [0.4, 0.5) is 0 Å². The van der Waals surface area contributed by atoms with Crippen molar-refractivity contribution in [2.45, 2.75) is 30.0 Å². The third kappa shape index (κ3) is 4.11. The number of thioether (sulfide) groups is 1. The first-order valence-electron chi connectivity index (χ1n) is 6.80. The molecule has 1 nitrogen and oxygen atoms in total. The minimum Gasteiger partial charge on any atom is -0.323 e. The van der Waals surface area contributed by atoms with Crippen LogP contribution in [0.1, 0.15) is 25.5 Å². The van der Waals surface area contributed by atoms with Gasteiger partial charge in [-0.25, -0.2) is 0 Å². The van der Waals surface area contributed by atoms with Crippen LogP contribution < -0.4 is 5.73 Å². The minimum absolute atomic E-state index is 0.0462. The highest BCUT2D eigenvalue weighted by molar-refractivity contribution is 9.10. The average molecular weight is 350 g/mol. The summed E-state index contributed by atoms with van der Waals surface area (Å²) in [5, 5.41) is 0.360. The van der Waals surface area contributed by atoms with Gasteiger partial charge in [0, 0.05) is 20.7 Å². The second-order valence-corrected chi connectivity index (χ2v) is 7.38. The number of hydrogen-bond acceptors (Lipinski definition) is 2. The molecule has 20 heavy (non-hydrogen) atoms. The molecule has 2 unspecified atom stereocenters. The number of halogens is 1. The zero-order chi connectivity index (χ0) is 14.5. The maximum Gasteiger partial charge on any atom is 0.0421 e. The Hall–Kier alpha value is -0.770. The van der Waals surface area contributed by atoms with Crippen molar-refractivity contribution < 1.29 is 0 Å². The highest BCUT2D eigenvalue weighted by Crippen LogP contribution is 2.35. The number of hydrogen-bond donors (Lipinski definition) is 1. The normalized spacial score (nSPS) is 14.2. The van der Waals surface area contributed by atoms with Crippen LogP contribution in [0.3, 0.4) is 0 Å². The van der Waals surface area contributed by atoms with Crippen LogP contribution in [0.25, 0.3) is 0 Å². The van der Waals surface area contributed by atoms with Crippen molar-refractivity contribution in [3.8, 4) is 0 Å². The Balaban J connectivity index is 2.17. The first-order valence-corrected chi connectivity index (χ1v) is 8.48. The molecule has 0 aliphatic heterocycles. The van der Waals surface area contributed by atoms with Gasteiger partial charge in [-0.15, -0.1) is 11.8 Å². The molecule has 0 aromatic heterocycles. The third-order valence-corrected chi connectivity index (χ3v) is 5.46. The molecule has 2 N–H and O–H groups in total.